The lowest BCUT2D eigenvalue weighted by molar-refractivity contribution is -0.384. The molecule has 0 aliphatic carbocycles. The van der Waals surface area contributed by atoms with Crippen molar-refractivity contribution >= 4 is 23.2 Å². The maximum absolute atomic E-state index is 12.4. The number of non-ortho nitro benzene ring substituents is 1. The van der Waals surface area contributed by atoms with Crippen molar-refractivity contribution in [2.45, 2.75) is 6.61 Å². The van der Waals surface area contributed by atoms with Crippen molar-refractivity contribution < 1.29 is 23.7 Å². The van der Waals surface area contributed by atoms with Crippen LogP contribution in [0.3, 0.4) is 0 Å². The van der Waals surface area contributed by atoms with Crippen LogP contribution in [0.1, 0.15) is 26.8 Å². The zero-order valence-electron chi connectivity index (χ0n) is 15.5. The number of rotatable bonds is 7. The fraction of sp³-hybridized carbons (Fsp3) is 0.167. The second-order valence-electron chi connectivity index (χ2n) is 5.90. The zero-order chi connectivity index (χ0) is 21.0. The first kappa shape index (κ1) is 19.6. The summed E-state index contributed by atoms with van der Waals surface area (Å²) in [5.41, 5.74) is 0.286. The summed E-state index contributed by atoms with van der Waals surface area (Å²) in [7, 11) is 3.09. The van der Waals surface area contributed by atoms with E-state index in [-0.39, 0.29) is 29.4 Å². The summed E-state index contributed by atoms with van der Waals surface area (Å²) in [6.07, 6.45) is 1.50. The highest BCUT2D eigenvalue weighted by molar-refractivity contribution is 6.06. The molecule has 3 aromatic rings. The molecule has 1 aromatic carbocycles. The van der Waals surface area contributed by atoms with Crippen LogP contribution in [0.5, 0.6) is 5.75 Å². The summed E-state index contributed by atoms with van der Waals surface area (Å²) in [5.74, 6) is -0.156. The van der Waals surface area contributed by atoms with E-state index in [9.17, 15) is 19.7 Å². The van der Waals surface area contributed by atoms with Gasteiger partial charge in [-0.05, 0) is 24.3 Å². The maximum atomic E-state index is 12.4. The number of hydrogen-bond donors (Lipinski definition) is 2. The molecule has 0 saturated heterocycles. The van der Waals surface area contributed by atoms with E-state index in [0.717, 1.165) is 0 Å². The highest BCUT2D eigenvalue weighted by Crippen LogP contribution is 2.20. The molecule has 0 fully saturated rings. The number of nitro groups is 1. The van der Waals surface area contributed by atoms with Crippen LogP contribution in [-0.4, -0.2) is 33.6 Å². The first-order chi connectivity index (χ1) is 13.9. The van der Waals surface area contributed by atoms with Crippen molar-refractivity contribution in [2.24, 2.45) is 7.05 Å². The summed E-state index contributed by atoms with van der Waals surface area (Å²) >= 11 is 0. The van der Waals surface area contributed by atoms with E-state index in [1.54, 1.807) is 13.1 Å². The van der Waals surface area contributed by atoms with E-state index in [1.807, 2.05) is 0 Å². The molecule has 2 heterocycles. The van der Waals surface area contributed by atoms with E-state index in [2.05, 4.69) is 15.7 Å². The van der Waals surface area contributed by atoms with Gasteiger partial charge in [-0.25, -0.2) is 0 Å². The normalized spacial score (nSPS) is 10.4. The fourth-order valence-corrected chi connectivity index (χ4v) is 2.45. The summed E-state index contributed by atoms with van der Waals surface area (Å²) in [6.45, 7) is 0.0292. The van der Waals surface area contributed by atoms with Crippen molar-refractivity contribution in [3.05, 3.63) is 69.9 Å². The van der Waals surface area contributed by atoms with Crippen molar-refractivity contribution in [2.75, 3.05) is 12.4 Å². The molecule has 0 bridgehead atoms. The van der Waals surface area contributed by atoms with Crippen LogP contribution in [0.2, 0.25) is 0 Å². The fourth-order valence-electron chi connectivity index (χ4n) is 2.45. The number of aryl methyl sites for hydroxylation is 1. The number of anilines is 1. The summed E-state index contributed by atoms with van der Waals surface area (Å²) in [6, 6.07) is 8.64. The minimum atomic E-state index is -0.551. The maximum Gasteiger partial charge on any atom is 0.291 e. The van der Waals surface area contributed by atoms with E-state index in [0.29, 0.717) is 11.5 Å². The standard InChI is InChI=1S/C18H17N5O6/c1-19-18(25)16-14(9-22(2)21-16)20-17(24)15-8-7-13(29-15)10-28-12-5-3-11(4-6-12)23(26)27/h3-9H,10H2,1-2H3,(H,19,25)(H,20,24). The van der Waals surface area contributed by atoms with Crippen LogP contribution in [0.25, 0.3) is 0 Å². The van der Waals surface area contributed by atoms with Crippen LogP contribution in [-0.2, 0) is 13.7 Å². The number of ether oxygens (including phenoxy) is 1. The van der Waals surface area contributed by atoms with Gasteiger partial charge in [-0.1, -0.05) is 0 Å². The zero-order valence-corrected chi connectivity index (χ0v) is 15.5. The Labute approximate surface area is 164 Å². The molecule has 0 unspecified atom stereocenters. The van der Waals surface area contributed by atoms with Gasteiger partial charge in [0.2, 0.25) is 0 Å². The third-order valence-corrected chi connectivity index (χ3v) is 3.83. The minimum absolute atomic E-state index is 0.0269. The lowest BCUT2D eigenvalue weighted by Gasteiger charge is -2.04. The van der Waals surface area contributed by atoms with Crippen LogP contribution in [0, 0.1) is 10.1 Å². The predicted octanol–water partition coefficient (Wildman–Crippen LogP) is 2.11. The van der Waals surface area contributed by atoms with E-state index < -0.39 is 16.7 Å². The highest BCUT2D eigenvalue weighted by atomic mass is 16.6. The van der Waals surface area contributed by atoms with Gasteiger partial charge >= 0.3 is 0 Å². The van der Waals surface area contributed by atoms with Gasteiger partial charge in [-0.2, -0.15) is 5.10 Å². The van der Waals surface area contributed by atoms with Crippen molar-refractivity contribution in [1.29, 1.82) is 0 Å². The molecule has 11 heteroatoms. The number of nitrogens with one attached hydrogen (secondary N) is 2. The van der Waals surface area contributed by atoms with E-state index in [4.69, 9.17) is 9.15 Å². The largest absolute Gasteiger partial charge is 0.486 e. The topological polar surface area (TPSA) is 142 Å². The Hall–Kier alpha value is -4.15. The highest BCUT2D eigenvalue weighted by Gasteiger charge is 2.19. The lowest BCUT2D eigenvalue weighted by Crippen LogP contribution is -2.21. The molecule has 0 saturated carbocycles. The lowest BCUT2D eigenvalue weighted by atomic mass is 10.3. The Balaban J connectivity index is 1.63. The van der Waals surface area contributed by atoms with Gasteiger partial charge < -0.3 is 19.8 Å². The number of nitrogens with zero attached hydrogens (tertiary/aromatic N) is 3. The summed E-state index contributed by atoms with van der Waals surface area (Å²) in [5, 5.41) is 19.7. The van der Waals surface area contributed by atoms with Crippen LogP contribution in [0.15, 0.2) is 47.0 Å². The average Bonchev–Trinajstić information content (AvgIpc) is 3.32. The Morgan fingerprint density at radius 1 is 1.21 bits per heavy atom. The summed E-state index contributed by atoms with van der Waals surface area (Å²) in [4.78, 5) is 34.4. The van der Waals surface area contributed by atoms with Crippen molar-refractivity contribution in [3.63, 3.8) is 0 Å². The molecular weight excluding hydrogens is 382 g/mol. The Bertz CT molecular complexity index is 1050. The second-order valence-corrected chi connectivity index (χ2v) is 5.90. The van der Waals surface area contributed by atoms with Gasteiger partial charge in [0.15, 0.2) is 11.5 Å². The number of aromatic nitrogens is 2. The monoisotopic (exact) mass is 399 g/mol. The molecule has 150 valence electrons. The average molecular weight is 399 g/mol. The Morgan fingerprint density at radius 2 is 1.93 bits per heavy atom. The third kappa shape index (κ3) is 4.58. The van der Waals surface area contributed by atoms with Gasteiger partial charge in [-0.15, -0.1) is 0 Å². The number of nitro benzene ring substituents is 1. The number of carbonyl (C=O) groups excluding carboxylic acids is 2. The molecule has 2 aromatic heterocycles. The molecule has 11 nitrogen and oxygen atoms in total. The van der Waals surface area contributed by atoms with Crippen molar-refractivity contribution in [3.8, 4) is 5.75 Å². The number of benzene rings is 1. The number of hydrogen-bond acceptors (Lipinski definition) is 7. The van der Waals surface area contributed by atoms with Gasteiger partial charge in [-0.3, -0.25) is 24.4 Å². The molecule has 2 N–H and O–H groups in total. The first-order valence-electron chi connectivity index (χ1n) is 8.40. The summed E-state index contributed by atoms with van der Waals surface area (Å²) < 4.78 is 12.4. The predicted molar refractivity (Wildman–Crippen MR) is 101 cm³/mol. The van der Waals surface area contributed by atoms with Crippen LogP contribution in [0.4, 0.5) is 11.4 Å². The van der Waals surface area contributed by atoms with E-state index >= 15 is 0 Å². The minimum Gasteiger partial charge on any atom is -0.486 e. The molecule has 29 heavy (non-hydrogen) atoms. The molecule has 0 spiro atoms. The van der Waals surface area contributed by atoms with Crippen LogP contribution < -0.4 is 15.4 Å². The molecule has 2 amide bonds. The molecule has 0 radical (unpaired) electrons. The molecule has 0 aliphatic heterocycles. The van der Waals surface area contributed by atoms with Gasteiger partial charge in [0.05, 0.1) is 10.6 Å². The first-order valence-corrected chi connectivity index (χ1v) is 8.40. The van der Waals surface area contributed by atoms with Gasteiger partial charge in [0.1, 0.15) is 18.1 Å². The van der Waals surface area contributed by atoms with Crippen LogP contribution >= 0.6 is 0 Å². The smallest absolute Gasteiger partial charge is 0.291 e. The van der Waals surface area contributed by atoms with Gasteiger partial charge in [0.25, 0.3) is 17.5 Å². The molecule has 3 rings (SSSR count). The number of furan rings is 1. The second kappa shape index (κ2) is 8.25. The quantitative estimate of drug-likeness (QED) is 0.458. The van der Waals surface area contributed by atoms with Gasteiger partial charge in [0, 0.05) is 32.4 Å². The SMILES string of the molecule is CNC(=O)c1nn(C)cc1NC(=O)c1ccc(COc2ccc([N+](=O)[O-])cc2)o1. The molecule has 0 aliphatic rings. The number of amides is 2. The van der Waals surface area contributed by atoms with Crippen molar-refractivity contribution in [1.82, 2.24) is 15.1 Å². The Kier molecular flexibility index (Phi) is 5.58. The third-order valence-electron chi connectivity index (χ3n) is 3.83. The molecule has 0 atom stereocenters. The Morgan fingerprint density at radius 3 is 2.59 bits per heavy atom. The molecular formula is C18H17N5O6. The number of carbonyl (C=O) groups is 2. The van der Waals surface area contributed by atoms with E-state index in [1.165, 1.54) is 48.3 Å².